The van der Waals surface area contributed by atoms with Crippen molar-refractivity contribution in [1.29, 1.82) is 0 Å². The van der Waals surface area contributed by atoms with Crippen LogP contribution in [0, 0.1) is 0 Å². The molecule has 0 bridgehead atoms. The third-order valence-electron chi connectivity index (χ3n) is 7.67. The second kappa shape index (κ2) is 10.3. The fourth-order valence-corrected chi connectivity index (χ4v) is 6.24. The minimum absolute atomic E-state index is 0.0228. The maximum Gasteiger partial charge on any atom is 0.226 e. The summed E-state index contributed by atoms with van der Waals surface area (Å²) in [5.74, 6) is -0.0228. The van der Waals surface area contributed by atoms with Crippen molar-refractivity contribution >= 4 is 39.7 Å². The number of benzene rings is 2. The van der Waals surface area contributed by atoms with Crippen LogP contribution < -0.4 is 10.6 Å². The maximum absolute atomic E-state index is 13.1. The Morgan fingerprint density at radius 2 is 1.81 bits per heavy atom. The van der Waals surface area contributed by atoms with E-state index in [4.69, 9.17) is 12.2 Å². The molecule has 0 radical (unpaired) electrons. The summed E-state index contributed by atoms with van der Waals surface area (Å²) in [6.45, 7) is 0.520. The van der Waals surface area contributed by atoms with E-state index in [-0.39, 0.29) is 18.0 Å². The molecular weight excluding hydrogens is 478 g/mol. The second-order valence-electron chi connectivity index (χ2n) is 9.92. The molecule has 2 fully saturated rings. The second-order valence-corrected chi connectivity index (χ2v) is 10.3. The van der Waals surface area contributed by atoms with Crippen LogP contribution in [-0.4, -0.2) is 32.0 Å². The van der Waals surface area contributed by atoms with Crippen LogP contribution in [0.5, 0.6) is 0 Å². The Kier molecular flexibility index (Phi) is 6.62. The highest BCUT2D eigenvalue weighted by atomic mass is 32.1. The molecule has 4 aromatic rings. The number of hydrogen-bond donors (Lipinski definition) is 2. The Labute approximate surface area is 222 Å². The summed E-state index contributed by atoms with van der Waals surface area (Å²) in [7, 11) is 0. The summed E-state index contributed by atoms with van der Waals surface area (Å²) in [4.78, 5) is 20.0. The summed E-state index contributed by atoms with van der Waals surface area (Å²) in [6.07, 6.45) is 9.31. The molecular formula is C30H31N5OS. The van der Waals surface area contributed by atoms with Gasteiger partial charge in [0.05, 0.1) is 17.8 Å². The van der Waals surface area contributed by atoms with Gasteiger partial charge in [0, 0.05) is 48.2 Å². The lowest BCUT2D eigenvalue weighted by molar-refractivity contribution is -0.116. The van der Waals surface area contributed by atoms with Crippen molar-refractivity contribution < 1.29 is 4.79 Å². The van der Waals surface area contributed by atoms with E-state index >= 15 is 0 Å². The normalized spacial score (nSPS) is 19.9. The number of rotatable bonds is 7. The minimum Gasteiger partial charge on any atom is -0.352 e. The van der Waals surface area contributed by atoms with Gasteiger partial charge in [-0.3, -0.25) is 9.78 Å². The Morgan fingerprint density at radius 3 is 2.65 bits per heavy atom. The monoisotopic (exact) mass is 509 g/mol. The lowest BCUT2D eigenvalue weighted by atomic mass is 10.0. The molecule has 0 spiro atoms. The first kappa shape index (κ1) is 23.7. The third-order valence-corrected chi connectivity index (χ3v) is 8.03. The predicted molar refractivity (Wildman–Crippen MR) is 151 cm³/mol. The zero-order valence-corrected chi connectivity index (χ0v) is 21.5. The van der Waals surface area contributed by atoms with E-state index in [1.807, 2.05) is 54.7 Å². The number of carbonyl (C=O) groups is 1. The van der Waals surface area contributed by atoms with Crippen LogP contribution in [0.4, 0.5) is 5.69 Å². The van der Waals surface area contributed by atoms with Crippen molar-refractivity contribution in [2.24, 2.45) is 0 Å². The van der Waals surface area contributed by atoms with E-state index in [0.29, 0.717) is 24.1 Å². The van der Waals surface area contributed by atoms with Gasteiger partial charge in [-0.2, -0.15) is 0 Å². The number of amides is 1. The molecule has 3 heterocycles. The summed E-state index contributed by atoms with van der Waals surface area (Å²) < 4.78 is 2.44. The third kappa shape index (κ3) is 4.71. The van der Waals surface area contributed by atoms with Crippen molar-refractivity contribution in [3.63, 3.8) is 0 Å². The van der Waals surface area contributed by atoms with Gasteiger partial charge in [0.15, 0.2) is 5.11 Å². The van der Waals surface area contributed by atoms with Crippen LogP contribution in [0.15, 0.2) is 85.2 Å². The number of nitrogens with zero attached hydrogens (tertiary/aromatic N) is 3. The van der Waals surface area contributed by atoms with E-state index in [2.05, 4.69) is 55.5 Å². The fraction of sp³-hybridized carbons (Fsp3) is 0.300. The molecule has 2 unspecified atom stereocenters. The molecule has 2 aromatic carbocycles. The first-order valence-corrected chi connectivity index (χ1v) is 13.5. The molecule has 6 nitrogen and oxygen atoms in total. The van der Waals surface area contributed by atoms with E-state index in [9.17, 15) is 4.79 Å². The molecule has 1 saturated carbocycles. The molecule has 1 saturated heterocycles. The molecule has 37 heavy (non-hydrogen) atoms. The van der Waals surface area contributed by atoms with Gasteiger partial charge >= 0.3 is 0 Å². The highest BCUT2D eigenvalue weighted by Crippen LogP contribution is 2.41. The van der Waals surface area contributed by atoms with Crippen molar-refractivity contribution in [3.05, 3.63) is 96.6 Å². The van der Waals surface area contributed by atoms with Gasteiger partial charge in [0.2, 0.25) is 5.91 Å². The largest absolute Gasteiger partial charge is 0.352 e. The van der Waals surface area contributed by atoms with Crippen LogP contribution in [0.1, 0.15) is 61.6 Å². The maximum atomic E-state index is 13.1. The molecule has 7 heteroatoms. The Morgan fingerprint density at radius 1 is 1.00 bits per heavy atom. The van der Waals surface area contributed by atoms with Crippen molar-refractivity contribution in [3.8, 4) is 0 Å². The van der Waals surface area contributed by atoms with Crippen LogP contribution in [0.3, 0.4) is 0 Å². The SMILES string of the molecule is O=C(CCN1C(=S)NC(c2ccccn2)C1c1cccn1C1CCCC1)Nc1cccc2ccccc12. The zero-order chi connectivity index (χ0) is 25.2. The van der Waals surface area contributed by atoms with Crippen LogP contribution in [-0.2, 0) is 4.79 Å². The van der Waals surface area contributed by atoms with Crippen LogP contribution >= 0.6 is 12.2 Å². The average molecular weight is 510 g/mol. The molecule has 1 aliphatic carbocycles. The van der Waals surface area contributed by atoms with E-state index in [0.717, 1.165) is 22.2 Å². The smallest absolute Gasteiger partial charge is 0.226 e. The number of anilines is 1. The lowest BCUT2D eigenvalue weighted by Crippen LogP contribution is -2.33. The molecule has 2 atom stereocenters. The molecule has 2 N–H and O–H groups in total. The van der Waals surface area contributed by atoms with Crippen LogP contribution in [0.25, 0.3) is 10.8 Å². The van der Waals surface area contributed by atoms with E-state index in [1.54, 1.807) is 0 Å². The van der Waals surface area contributed by atoms with E-state index in [1.165, 1.54) is 31.4 Å². The number of hydrogen-bond acceptors (Lipinski definition) is 3. The van der Waals surface area contributed by atoms with Gasteiger partial charge in [-0.05, 0) is 60.8 Å². The van der Waals surface area contributed by atoms with Gasteiger partial charge in [-0.25, -0.2) is 0 Å². The summed E-state index contributed by atoms with van der Waals surface area (Å²) >= 11 is 5.84. The van der Waals surface area contributed by atoms with Crippen molar-refractivity contribution in [2.45, 2.75) is 50.2 Å². The summed E-state index contributed by atoms with van der Waals surface area (Å²) in [5, 5.41) is 9.46. The number of aromatic nitrogens is 2. The molecule has 2 aliphatic rings. The zero-order valence-electron chi connectivity index (χ0n) is 20.7. The number of thiocarbonyl (C=S) groups is 1. The summed E-state index contributed by atoms with van der Waals surface area (Å²) in [5.41, 5.74) is 3.02. The van der Waals surface area contributed by atoms with Crippen LogP contribution in [0.2, 0.25) is 0 Å². The average Bonchev–Trinajstić information content (AvgIpc) is 3.68. The number of carbonyl (C=O) groups excluding carboxylic acids is 1. The lowest BCUT2D eigenvalue weighted by Gasteiger charge is -2.30. The number of nitrogens with one attached hydrogen (secondary N) is 2. The van der Waals surface area contributed by atoms with Gasteiger partial charge in [0.25, 0.3) is 0 Å². The predicted octanol–water partition coefficient (Wildman–Crippen LogP) is 6.15. The molecule has 1 aliphatic heterocycles. The number of pyridine rings is 1. The molecule has 188 valence electrons. The van der Waals surface area contributed by atoms with Crippen molar-refractivity contribution in [1.82, 2.24) is 19.8 Å². The first-order chi connectivity index (χ1) is 18.2. The van der Waals surface area contributed by atoms with Crippen molar-refractivity contribution in [2.75, 3.05) is 11.9 Å². The summed E-state index contributed by atoms with van der Waals surface area (Å²) in [6, 6.07) is 24.8. The van der Waals surface area contributed by atoms with Gasteiger partial charge in [-0.15, -0.1) is 0 Å². The Hall–Kier alpha value is -3.71. The van der Waals surface area contributed by atoms with Gasteiger partial charge in [0.1, 0.15) is 0 Å². The highest BCUT2D eigenvalue weighted by Gasteiger charge is 2.41. The Bertz CT molecular complexity index is 1410. The molecule has 1 amide bonds. The van der Waals surface area contributed by atoms with Gasteiger partial charge < -0.3 is 20.1 Å². The topological polar surface area (TPSA) is 62.2 Å². The van der Waals surface area contributed by atoms with E-state index < -0.39 is 0 Å². The molecule has 6 rings (SSSR count). The number of fused-ring (bicyclic) bond motifs is 1. The quantitative estimate of drug-likeness (QED) is 0.293. The highest BCUT2D eigenvalue weighted by molar-refractivity contribution is 7.80. The fourth-order valence-electron chi connectivity index (χ4n) is 5.91. The molecule has 2 aromatic heterocycles. The first-order valence-electron chi connectivity index (χ1n) is 13.1. The Balaban J connectivity index is 1.25. The minimum atomic E-state index is -0.0788. The van der Waals surface area contributed by atoms with Gasteiger partial charge in [-0.1, -0.05) is 55.3 Å². The standard InChI is InChI=1S/C30H31N5OS/c36-27(32-24-15-7-10-21-9-1-4-13-23(21)24)17-20-35-29(26-16-8-19-34(26)22-11-2-3-12-22)28(33-30(35)37)25-14-5-6-18-31-25/h1,4-10,13-16,18-19,22,28-29H,2-3,11-12,17,20H2,(H,32,36)(H,33,37).